The molecule has 118 valence electrons. The van der Waals surface area contributed by atoms with Gasteiger partial charge in [0.05, 0.1) is 5.69 Å². The van der Waals surface area contributed by atoms with Crippen LogP contribution in [0.15, 0.2) is 48.0 Å². The molecule has 0 atom stereocenters. The van der Waals surface area contributed by atoms with Crippen molar-refractivity contribution in [1.82, 2.24) is 15.3 Å². The number of nitrogens with one attached hydrogen (secondary N) is 1. The van der Waals surface area contributed by atoms with E-state index < -0.39 is 5.91 Å². The topological polar surface area (TPSA) is 67.2 Å². The molecule has 0 aliphatic carbocycles. The molecule has 0 radical (unpaired) electrons. The molecule has 0 saturated carbocycles. The Morgan fingerprint density at radius 2 is 2.04 bits per heavy atom. The van der Waals surface area contributed by atoms with Crippen molar-refractivity contribution < 1.29 is 14.4 Å². The summed E-state index contributed by atoms with van der Waals surface area (Å²) in [7, 11) is 0. The van der Waals surface area contributed by atoms with Gasteiger partial charge in [0.1, 0.15) is 10.7 Å². The molecule has 0 fully saturated rings. The number of aromatic nitrogens is 2. The van der Waals surface area contributed by atoms with Crippen LogP contribution in [0.3, 0.4) is 0 Å². The second kappa shape index (κ2) is 6.72. The summed E-state index contributed by atoms with van der Waals surface area (Å²) < 4.78 is 14.7. The molecule has 5 nitrogen and oxygen atoms in total. The average Bonchev–Trinajstić information content (AvgIpc) is 3.22. The summed E-state index contributed by atoms with van der Waals surface area (Å²) in [5.41, 5.74) is 4.02. The molecular formula is C16H14FN3O2S. The van der Waals surface area contributed by atoms with Gasteiger partial charge in [-0.05, 0) is 41.6 Å². The molecule has 7 heteroatoms. The highest BCUT2D eigenvalue weighted by atomic mass is 32.1. The van der Waals surface area contributed by atoms with Crippen LogP contribution in [0, 0.1) is 5.82 Å². The minimum Gasteiger partial charge on any atom is -0.288 e. The molecule has 1 amide bonds. The zero-order valence-corrected chi connectivity index (χ0v) is 12.9. The Morgan fingerprint density at radius 3 is 2.78 bits per heavy atom. The summed E-state index contributed by atoms with van der Waals surface area (Å²) in [6.45, 7) is 0.650. The second-order valence-electron chi connectivity index (χ2n) is 4.94. The summed E-state index contributed by atoms with van der Waals surface area (Å²) in [6, 6.07) is 10.00. The van der Waals surface area contributed by atoms with Crippen molar-refractivity contribution in [2.24, 2.45) is 0 Å². The van der Waals surface area contributed by atoms with E-state index >= 15 is 0 Å². The largest absolute Gasteiger partial charge is 0.288 e. The van der Waals surface area contributed by atoms with E-state index in [0.717, 1.165) is 12.0 Å². The number of amides is 1. The third-order valence-corrected chi connectivity index (χ3v) is 4.35. The van der Waals surface area contributed by atoms with Gasteiger partial charge < -0.3 is 0 Å². The van der Waals surface area contributed by atoms with Gasteiger partial charge in [-0.25, -0.2) is 9.87 Å². The van der Waals surface area contributed by atoms with Crippen LogP contribution in [-0.2, 0) is 13.0 Å². The lowest BCUT2D eigenvalue weighted by Crippen LogP contribution is -2.17. The van der Waals surface area contributed by atoms with E-state index in [-0.39, 0.29) is 5.82 Å². The molecule has 2 aromatic heterocycles. The molecule has 0 unspecified atom stereocenters. The van der Waals surface area contributed by atoms with Gasteiger partial charge in [-0.3, -0.25) is 14.7 Å². The predicted octanol–water partition coefficient (Wildman–Crippen LogP) is 3.11. The lowest BCUT2D eigenvalue weighted by atomic mass is 10.1. The van der Waals surface area contributed by atoms with Crippen molar-refractivity contribution in [2.75, 3.05) is 0 Å². The third-order valence-electron chi connectivity index (χ3n) is 3.43. The van der Waals surface area contributed by atoms with Crippen molar-refractivity contribution in [3.8, 4) is 11.3 Å². The van der Waals surface area contributed by atoms with Crippen molar-refractivity contribution in [1.29, 1.82) is 0 Å². The number of halogens is 1. The van der Waals surface area contributed by atoms with Gasteiger partial charge in [-0.2, -0.15) is 5.10 Å². The highest BCUT2D eigenvalue weighted by Crippen LogP contribution is 2.26. The Hall–Kier alpha value is -2.51. The number of benzene rings is 1. The van der Waals surface area contributed by atoms with E-state index in [1.807, 2.05) is 12.3 Å². The first-order valence-corrected chi connectivity index (χ1v) is 7.85. The first-order valence-electron chi connectivity index (χ1n) is 6.97. The van der Waals surface area contributed by atoms with Gasteiger partial charge in [0.2, 0.25) is 0 Å². The van der Waals surface area contributed by atoms with Crippen molar-refractivity contribution in [3.63, 3.8) is 0 Å². The fourth-order valence-electron chi connectivity index (χ4n) is 2.26. The Bertz CT molecular complexity index is 811. The van der Waals surface area contributed by atoms with Gasteiger partial charge in [-0.15, -0.1) is 11.3 Å². The number of hydrogen-bond donors (Lipinski definition) is 2. The molecule has 2 heterocycles. The SMILES string of the molecule is O=C(NO)c1sccc1-c1ccn(CCc2ccc(F)cc2)n1. The van der Waals surface area contributed by atoms with E-state index in [0.29, 0.717) is 22.7 Å². The summed E-state index contributed by atoms with van der Waals surface area (Å²) in [6.07, 6.45) is 2.56. The highest BCUT2D eigenvalue weighted by Gasteiger charge is 2.15. The van der Waals surface area contributed by atoms with E-state index in [1.165, 1.54) is 23.5 Å². The molecule has 0 bridgehead atoms. The van der Waals surface area contributed by atoms with Gasteiger partial charge >= 0.3 is 0 Å². The Morgan fingerprint density at radius 1 is 1.26 bits per heavy atom. The number of hydrogen-bond acceptors (Lipinski definition) is 4. The van der Waals surface area contributed by atoms with Gasteiger partial charge in [0.15, 0.2) is 0 Å². The van der Waals surface area contributed by atoms with Crippen LogP contribution in [0.25, 0.3) is 11.3 Å². The van der Waals surface area contributed by atoms with Gasteiger partial charge in [0.25, 0.3) is 5.91 Å². The minimum absolute atomic E-state index is 0.248. The number of aryl methyl sites for hydroxylation is 2. The Kier molecular flexibility index (Phi) is 4.50. The Balaban J connectivity index is 1.72. The number of hydroxylamine groups is 1. The van der Waals surface area contributed by atoms with Gasteiger partial charge in [0, 0.05) is 18.3 Å². The zero-order chi connectivity index (χ0) is 16.2. The van der Waals surface area contributed by atoms with E-state index in [2.05, 4.69) is 5.10 Å². The van der Waals surface area contributed by atoms with Gasteiger partial charge in [-0.1, -0.05) is 12.1 Å². The van der Waals surface area contributed by atoms with E-state index in [9.17, 15) is 9.18 Å². The van der Waals surface area contributed by atoms with Crippen LogP contribution in [0.1, 0.15) is 15.2 Å². The van der Waals surface area contributed by atoms with E-state index in [4.69, 9.17) is 5.21 Å². The molecule has 2 N–H and O–H groups in total. The summed E-state index contributed by atoms with van der Waals surface area (Å²) in [5.74, 6) is -0.793. The number of carbonyl (C=O) groups is 1. The standard InChI is InChI=1S/C16H14FN3O2S/c17-12-3-1-11(2-4-12)5-8-20-9-6-14(18-20)13-7-10-23-15(13)16(21)19-22/h1-4,6-7,9-10,22H,5,8H2,(H,19,21). The zero-order valence-electron chi connectivity index (χ0n) is 12.1. The quantitative estimate of drug-likeness (QED) is 0.558. The first-order chi connectivity index (χ1) is 11.2. The molecule has 3 rings (SSSR count). The summed E-state index contributed by atoms with van der Waals surface area (Å²) in [5, 5.41) is 15.0. The minimum atomic E-state index is -0.545. The molecule has 3 aromatic rings. The number of rotatable bonds is 5. The molecule has 0 saturated heterocycles. The van der Waals surface area contributed by atoms with Crippen LogP contribution >= 0.6 is 11.3 Å². The first kappa shape index (κ1) is 15.4. The molecule has 0 aliphatic heterocycles. The average molecular weight is 331 g/mol. The van der Waals surface area contributed by atoms with Crippen molar-refractivity contribution >= 4 is 17.2 Å². The van der Waals surface area contributed by atoms with Crippen molar-refractivity contribution in [3.05, 3.63) is 64.2 Å². The molecule has 0 spiro atoms. The van der Waals surface area contributed by atoms with Crippen LogP contribution in [0.5, 0.6) is 0 Å². The smallest absolute Gasteiger partial charge is 0.285 e. The Labute approximate surface area is 136 Å². The van der Waals surface area contributed by atoms with Crippen LogP contribution < -0.4 is 5.48 Å². The van der Waals surface area contributed by atoms with Crippen molar-refractivity contribution in [2.45, 2.75) is 13.0 Å². The van der Waals surface area contributed by atoms with Crippen LogP contribution in [0.2, 0.25) is 0 Å². The maximum atomic E-state index is 12.9. The van der Waals surface area contributed by atoms with E-state index in [1.54, 1.807) is 33.7 Å². The highest BCUT2D eigenvalue weighted by molar-refractivity contribution is 7.12. The maximum Gasteiger partial charge on any atom is 0.285 e. The fraction of sp³-hybridized carbons (Fsp3) is 0.125. The van der Waals surface area contributed by atoms with Crippen LogP contribution in [0.4, 0.5) is 4.39 Å². The molecule has 23 heavy (non-hydrogen) atoms. The fourth-order valence-corrected chi connectivity index (χ4v) is 3.05. The predicted molar refractivity (Wildman–Crippen MR) is 84.9 cm³/mol. The number of thiophene rings is 1. The monoisotopic (exact) mass is 331 g/mol. The molecular weight excluding hydrogens is 317 g/mol. The lowest BCUT2D eigenvalue weighted by molar-refractivity contribution is 0.0711. The normalized spacial score (nSPS) is 10.7. The summed E-state index contributed by atoms with van der Waals surface area (Å²) >= 11 is 1.24. The third kappa shape index (κ3) is 3.46. The number of carbonyl (C=O) groups excluding carboxylic acids is 1. The lowest BCUT2D eigenvalue weighted by Gasteiger charge is -2.02. The van der Waals surface area contributed by atoms with Crippen LogP contribution in [-0.4, -0.2) is 20.9 Å². The molecule has 0 aliphatic rings. The molecule has 1 aromatic carbocycles. The number of nitrogens with zero attached hydrogens (tertiary/aromatic N) is 2. The summed E-state index contributed by atoms with van der Waals surface area (Å²) in [4.78, 5) is 12.0. The second-order valence-corrected chi connectivity index (χ2v) is 5.86. The maximum absolute atomic E-state index is 12.9.